The number of hydrogen-bond donors (Lipinski definition) is 0. The molecule has 0 saturated heterocycles. The van der Waals surface area contributed by atoms with E-state index in [0.29, 0.717) is 17.9 Å². The lowest BCUT2D eigenvalue weighted by Crippen LogP contribution is -2.37. The van der Waals surface area contributed by atoms with Crippen molar-refractivity contribution in [1.82, 2.24) is 0 Å². The maximum atomic E-state index is 8.68. The van der Waals surface area contributed by atoms with Gasteiger partial charge in [0.1, 0.15) is 8.42 Å². The van der Waals surface area contributed by atoms with Gasteiger partial charge in [0.05, 0.1) is 20.4 Å². The Labute approximate surface area is 175 Å². The van der Waals surface area contributed by atoms with Crippen molar-refractivity contribution in [3.63, 3.8) is 0 Å². The molecule has 148 valence electrons. The van der Waals surface area contributed by atoms with Gasteiger partial charge in [0, 0.05) is 6.04 Å². The highest BCUT2D eigenvalue weighted by molar-refractivity contribution is 6.88. The first-order valence-corrected chi connectivity index (χ1v) is 13.9. The van der Waals surface area contributed by atoms with Crippen LogP contribution in [0.25, 0.3) is 22.0 Å². The molecular weight excluding hydrogens is 354 g/mol. The van der Waals surface area contributed by atoms with Gasteiger partial charge in [0.25, 0.3) is 0 Å². The number of rotatable bonds is 4. The van der Waals surface area contributed by atoms with E-state index in [0.717, 1.165) is 16.5 Å². The molecule has 0 radical (unpaired) electrons. The lowest BCUT2D eigenvalue weighted by molar-refractivity contribution is -0.659. The van der Waals surface area contributed by atoms with Gasteiger partial charge in [-0.1, -0.05) is 70.7 Å². The molecule has 0 bridgehead atoms. The molecule has 0 atom stereocenters. The number of nitrogens with zero attached hydrogens (tertiary/aromatic N) is 1. The van der Waals surface area contributed by atoms with Crippen molar-refractivity contribution in [1.29, 1.82) is 0 Å². The standard InChI is InChI=1S/C26H36NSi/c1-17(2)21-15-24(18(3)4)19(5)25(16-21)26-23-11-10-22(28(7,8)9)14-20(23)12-13-27(26)6/h10-18H,1-9H3/q+1/i12D,13D. The molecule has 2 aromatic carbocycles. The predicted molar refractivity (Wildman–Crippen MR) is 126 cm³/mol. The van der Waals surface area contributed by atoms with Crippen molar-refractivity contribution < 1.29 is 7.31 Å². The molecule has 0 aliphatic heterocycles. The van der Waals surface area contributed by atoms with E-state index in [2.05, 4.69) is 84.6 Å². The number of benzene rings is 2. The smallest absolute Gasteiger partial charge is 0.200 e. The van der Waals surface area contributed by atoms with Gasteiger partial charge in [-0.25, -0.2) is 4.57 Å². The zero-order chi connectivity index (χ0) is 22.5. The summed E-state index contributed by atoms with van der Waals surface area (Å²) in [6, 6.07) is 11.6. The normalized spacial score (nSPS) is 13.4. The van der Waals surface area contributed by atoms with Gasteiger partial charge in [-0.15, -0.1) is 0 Å². The lowest BCUT2D eigenvalue weighted by atomic mass is 9.86. The third kappa shape index (κ3) is 3.80. The lowest BCUT2D eigenvalue weighted by Gasteiger charge is -2.19. The third-order valence-electron chi connectivity index (χ3n) is 5.85. The summed E-state index contributed by atoms with van der Waals surface area (Å²) >= 11 is 0. The molecule has 1 nitrogen and oxygen atoms in total. The van der Waals surface area contributed by atoms with Crippen LogP contribution in [0.5, 0.6) is 0 Å². The Balaban J connectivity index is 2.48. The van der Waals surface area contributed by atoms with Gasteiger partial charge >= 0.3 is 0 Å². The molecule has 0 amide bonds. The summed E-state index contributed by atoms with van der Waals surface area (Å²) in [5.41, 5.74) is 6.21. The van der Waals surface area contributed by atoms with Crippen molar-refractivity contribution >= 4 is 24.0 Å². The zero-order valence-electron chi connectivity index (χ0n) is 21.0. The van der Waals surface area contributed by atoms with Crippen LogP contribution in [-0.2, 0) is 7.05 Å². The van der Waals surface area contributed by atoms with Crippen molar-refractivity contribution in [2.75, 3.05) is 0 Å². The van der Waals surface area contributed by atoms with Gasteiger partial charge in [-0.05, 0) is 53.0 Å². The van der Waals surface area contributed by atoms with Crippen LogP contribution in [0.4, 0.5) is 0 Å². The zero-order valence-corrected chi connectivity index (χ0v) is 20.0. The first-order chi connectivity index (χ1) is 13.8. The maximum absolute atomic E-state index is 8.68. The Hall–Kier alpha value is -1.93. The Morgan fingerprint density at radius 3 is 2.21 bits per heavy atom. The molecule has 3 rings (SSSR count). The minimum Gasteiger partial charge on any atom is -0.200 e. The largest absolute Gasteiger partial charge is 0.220 e. The van der Waals surface area contributed by atoms with E-state index >= 15 is 0 Å². The predicted octanol–water partition coefficient (Wildman–Crippen LogP) is 6.43. The highest BCUT2D eigenvalue weighted by atomic mass is 28.3. The Morgan fingerprint density at radius 1 is 0.964 bits per heavy atom. The minimum absolute atomic E-state index is 0.269. The molecule has 1 heterocycles. The first-order valence-electron chi connectivity index (χ1n) is 11.4. The van der Waals surface area contributed by atoms with Crippen LogP contribution in [0.15, 0.2) is 42.5 Å². The molecule has 0 saturated carbocycles. The summed E-state index contributed by atoms with van der Waals surface area (Å²) in [6.45, 7) is 18.2. The van der Waals surface area contributed by atoms with Crippen LogP contribution in [0.2, 0.25) is 19.6 Å². The molecule has 0 aliphatic rings. The number of hydrogen-bond acceptors (Lipinski definition) is 0. The highest BCUT2D eigenvalue weighted by Crippen LogP contribution is 2.35. The highest BCUT2D eigenvalue weighted by Gasteiger charge is 2.23. The number of aromatic nitrogens is 1. The van der Waals surface area contributed by atoms with Crippen molar-refractivity contribution in [2.45, 2.75) is 66.1 Å². The van der Waals surface area contributed by atoms with E-state index in [4.69, 9.17) is 2.74 Å². The van der Waals surface area contributed by atoms with Crippen LogP contribution in [-0.4, -0.2) is 8.07 Å². The Morgan fingerprint density at radius 2 is 1.64 bits per heavy atom. The quantitative estimate of drug-likeness (QED) is 0.356. The average Bonchev–Trinajstić information content (AvgIpc) is 2.66. The first kappa shape index (κ1) is 18.1. The second-order valence-corrected chi connectivity index (χ2v) is 14.8. The minimum atomic E-state index is -1.51. The SMILES string of the molecule is [2H]c1c([2H])[n+](C)c(-c2cc(C(C)C)cc(C(C)C)c2C)c2ccc([Si](C)(C)C)cc12. The molecular formula is C26H36NSi+. The molecule has 0 fully saturated rings. The van der Waals surface area contributed by atoms with Crippen molar-refractivity contribution in [2.24, 2.45) is 7.05 Å². The van der Waals surface area contributed by atoms with Gasteiger partial charge in [-0.2, -0.15) is 0 Å². The summed E-state index contributed by atoms with van der Waals surface area (Å²) in [5, 5.41) is 3.30. The van der Waals surface area contributed by atoms with E-state index in [1.807, 2.05) is 11.6 Å². The van der Waals surface area contributed by atoms with E-state index in [1.54, 1.807) is 0 Å². The summed E-state index contributed by atoms with van der Waals surface area (Å²) in [6.07, 6.45) is 0.269. The Kier molecular flexibility index (Phi) is 4.84. The Bertz CT molecular complexity index is 1120. The molecule has 1 aromatic heterocycles. The van der Waals surface area contributed by atoms with Gasteiger partial charge in [0.2, 0.25) is 5.69 Å². The van der Waals surface area contributed by atoms with Crippen molar-refractivity contribution in [3.8, 4) is 11.3 Å². The second-order valence-electron chi connectivity index (χ2n) is 9.75. The fraction of sp³-hybridized carbons (Fsp3) is 0.423. The van der Waals surface area contributed by atoms with Crippen LogP contribution in [0, 0.1) is 6.92 Å². The monoisotopic (exact) mass is 392 g/mol. The van der Waals surface area contributed by atoms with Crippen LogP contribution in [0.3, 0.4) is 0 Å². The summed E-state index contributed by atoms with van der Waals surface area (Å²) in [7, 11) is 0.418. The molecule has 0 spiro atoms. The average molecular weight is 393 g/mol. The fourth-order valence-corrected chi connectivity index (χ4v) is 5.13. The van der Waals surface area contributed by atoms with E-state index in [9.17, 15) is 0 Å². The van der Waals surface area contributed by atoms with Crippen LogP contribution in [0.1, 0.15) is 59.0 Å². The van der Waals surface area contributed by atoms with Crippen LogP contribution >= 0.6 is 0 Å². The van der Waals surface area contributed by atoms with Gasteiger partial charge in [0.15, 0.2) is 6.17 Å². The maximum Gasteiger partial charge on any atom is 0.220 e. The molecule has 28 heavy (non-hydrogen) atoms. The fourth-order valence-electron chi connectivity index (χ4n) is 3.97. The van der Waals surface area contributed by atoms with Crippen LogP contribution < -0.4 is 9.75 Å². The molecule has 0 unspecified atom stereocenters. The van der Waals surface area contributed by atoms with E-state index in [-0.39, 0.29) is 6.17 Å². The van der Waals surface area contributed by atoms with E-state index < -0.39 is 8.07 Å². The molecule has 2 heteroatoms. The second kappa shape index (κ2) is 7.48. The van der Waals surface area contributed by atoms with Gasteiger partial charge in [-0.3, -0.25) is 0 Å². The van der Waals surface area contributed by atoms with Crippen molar-refractivity contribution in [3.05, 3.63) is 59.2 Å². The molecule has 0 aliphatic carbocycles. The topological polar surface area (TPSA) is 3.88 Å². The van der Waals surface area contributed by atoms with Gasteiger partial charge < -0.3 is 0 Å². The third-order valence-corrected chi connectivity index (χ3v) is 7.89. The number of pyridine rings is 1. The summed E-state index contributed by atoms with van der Waals surface area (Å²) < 4.78 is 19.2. The summed E-state index contributed by atoms with van der Waals surface area (Å²) in [4.78, 5) is 0. The number of fused-ring (bicyclic) bond motifs is 1. The summed E-state index contributed by atoms with van der Waals surface area (Å²) in [5.74, 6) is 0.867. The molecule has 0 N–H and O–H groups in total. The molecule has 3 aromatic rings. The van der Waals surface area contributed by atoms with E-state index in [1.165, 1.54) is 27.4 Å².